The summed E-state index contributed by atoms with van der Waals surface area (Å²) in [6.07, 6.45) is 0. The van der Waals surface area contributed by atoms with E-state index >= 15 is 0 Å². The van der Waals surface area contributed by atoms with Crippen LogP contribution in [-0.4, -0.2) is 0 Å². The first-order valence-corrected chi connectivity index (χ1v) is 14.3. The fourth-order valence-electron chi connectivity index (χ4n) is 5.22. The first kappa shape index (κ1) is 26.4. The van der Waals surface area contributed by atoms with Gasteiger partial charge in [0.1, 0.15) is 46.0 Å². The largest absolute Gasteiger partial charge is 0.457 e. The average Bonchev–Trinajstić information content (AvgIpc) is 3.02. The van der Waals surface area contributed by atoms with Gasteiger partial charge in [-0.2, -0.15) is 0 Å². The average molecular weight is 563 g/mol. The number of hydrogen-bond acceptors (Lipinski definition) is 4. The molecule has 0 radical (unpaired) electrons. The normalized spacial score (nSPS) is 13.3. The summed E-state index contributed by atoms with van der Waals surface area (Å²) in [6.45, 7) is 4.44. The summed E-state index contributed by atoms with van der Waals surface area (Å²) in [5.74, 6) is 5.86. The Hall–Kier alpha value is -5.48. The molecule has 0 aromatic heterocycles. The number of benzene rings is 6. The molecule has 6 aromatic rings. The van der Waals surface area contributed by atoms with E-state index in [0.29, 0.717) is 23.0 Å². The van der Waals surface area contributed by atoms with Gasteiger partial charge in [0.2, 0.25) is 0 Å². The van der Waals surface area contributed by atoms with Crippen LogP contribution in [0, 0.1) is 0 Å². The zero-order valence-electron chi connectivity index (χ0n) is 24.0. The Morgan fingerprint density at radius 1 is 0.326 bits per heavy atom. The lowest BCUT2D eigenvalue weighted by atomic mass is 9.78. The van der Waals surface area contributed by atoms with E-state index in [-0.39, 0.29) is 5.41 Å². The second-order valence-corrected chi connectivity index (χ2v) is 11.1. The lowest BCUT2D eigenvalue weighted by Gasteiger charge is -2.26. The molecule has 0 amide bonds. The molecule has 0 aliphatic carbocycles. The molecule has 0 N–H and O–H groups in total. The molecule has 0 saturated heterocycles. The van der Waals surface area contributed by atoms with Crippen LogP contribution in [0.2, 0.25) is 0 Å². The maximum absolute atomic E-state index is 6.19. The molecule has 7 aliphatic heterocycles. The quantitative estimate of drug-likeness (QED) is 0.184. The Morgan fingerprint density at radius 3 is 0.907 bits per heavy atom. The highest BCUT2D eigenvalue weighted by Crippen LogP contribution is 2.36. The van der Waals surface area contributed by atoms with Gasteiger partial charge in [0.15, 0.2) is 0 Å². The number of rotatable bonds is 0. The van der Waals surface area contributed by atoms with Crippen molar-refractivity contribution in [2.24, 2.45) is 0 Å². The van der Waals surface area contributed by atoms with Crippen LogP contribution in [0.1, 0.15) is 25.0 Å². The standard InChI is InChI=1S/C39H30O4/c1-39(2)29-13-21-33(22-14-29)42-37-7-3-5-35(25-37)40-31-17-9-27(10-18-31)28-11-19-32(20-12-28)41-36-6-4-8-38(26-36)43-34-23-15-30(39)16-24-34/h3-26H,1-2H3. The van der Waals surface area contributed by atoms with Gasteiger partial charge in [-0.15, -0.1) is 0 Å². The topological polar surface area (TPSA) is 36.9 Å². The maximum atomic E-state index is 6.19. The Morgan fingerprint density at radius 2 is 0.605 bits per heavy atom. The van der Waals surface area contributed by atoms with E-state index in [1.54, 1.807) is 0 Å². The molecule has 0 unspecified atom stereocenters. The third-order valence-corrected chi connectivity index (χ3v) is 7.75. The van der Waals surface area contributed by atoms with Gasteiger partial charge in [-0.05, 0) is 95.1 Å². The molecule has 4 nitrogen and oxygen atoms in total. The smallest absolute Gasteiger partial charge is 0.131 e. The second-order valence-electron chi connectivity index (χ2n) is 11.1. The van der Waals surface area contributed by atoms with Crippen LogP contribution in [0.4, 0.5) is 0 Å². The van der Waals surface area contributed by atoms with Crippen molar-refractivity contribution in [3.8, 4) is 57.1 Å². The minimum Gasteiger partial charge on any atom is -0.457 e. The highest BCUT2D eigenvalue weighted by atomic mass is 16.5. The molecular weight excluding hydrogens is 532 g/mol. The van der Waals surface area contributed by atoms with Crippen LogP contribution in [0.15, 0.2) is 146 Å². The SMILES string of the molecule is CC1(C)c2ccc(cc2)Oc2cccc(c2)Oc2ccc(cc2)-c2ccc(cc2)Oc2cccc(c2)Oc2ccc1cc2. The Balaban J connectivity index is 1.24. The van der Waals surface area contributed by atoms with E-state index in [2.05, 4.69) is 62.4 Å². The van der Waals surface area contributed by atoms with Gasteiger partial charge in [0.05, 0.1) is 0 Å². The summed E-state index contributed by atoms with van der Waals surface area (Å²) in [5.41, 5.74) is 4.32. The number of ether oxygens (including phenoxy) is 4. The summed E-state index contributed by atoms with van der Waals surface area (Å²) in [4.78, 5) is 0. The lowest BCUT2D eigenvalue weighted by molar-refractivity contribution is 0.459. The minimum atomic E-state index is -0.215. The van der Waals surface area contributed by atoms with Gasteiger partial charge in [-0.3, -0.25) is 0 Å². The Bertz CT molecular complexity index is 1720. The van der Waals surface area contributed by atoms with Crippen LogP contribution in [-0.2, 0) is 5.41 Å². The highest BCUT2D eigenvalue weighted by molar-refractivity contribution is 5.65. The molecule has 0 spiro atoms. The van der Waals surface area contributed by atoms with Crippen molar-refractivity contribution in [1.29, 1.82) is 0 Å². The van der Waals surface area contributed by atoms with E-state index < -0.39 is 0 Å². The molecule has 12 bridgehead atoms. The van der Waals surface area contributed by atoms with Gasteiger partial charge in [0.25, 0.3) is 0 Å². The van der Waals surface area contributed by atoms with Crippen molar-refractivity contribution < 1.29 is 18.9 Å². The van der Waals surface area contributed by atoms with Crippen molar-refractivity contribution >= 4 is 0 Å². The van der Waals surface area contributed by atoms with Crippen molar-refractivity contribution in [2.45, 2.75) is 19.3 Å². The Kier molecular flexibility index (Phi) is 6.80. The van der Waals surface area contributed by atoms with Gasteiger partial charge in [-0.1, -0.05) is 74.5 Å². The fourth-order valence-corrected chi connectivity index (χ4v) is 5.22. The predicted octanol–water partition coefficient (Wildman–Crippen LogP) is 11.2. The van der Waals surface area contributed by atoms with Crippen molar-refractivity contribution in [3.63, 3.8) is 0 Å². The fraction of sp³-hybridized carbons (Fsp3) is 0.0769. The zero-order valence-corrected chi connectivity index (χ0v) is 24.0. The van der Waals surface area contributed by atoms with Gasteiger partial charge in [0, 0.05) is 17.5 Å². The van der Waals surface area contributed by atoms with Crippen LogP contribution < -0.4 is 18.9 Å². The van der Waals surface area contributed by atoms with E-state index in [4.69, 9.17) is 18.9 Å². The van der Waals surface area contributed by atoms with Gasteiger partial charge in [-0.25, -0.2) is 0 Å². The highest BCUT2D eigenvalue weighted by Gasteiger charge is 2.23. The first-order chi connectivity index (χ1) is 21.0. The molecule has 0 fully saturated rings. The third-order valence-electron chi connectivity index (χ3n) is 7.75. The van der Waals surface area contributed by atoms with Crippen LogP contribution >= 0.6 is 0 Å². The second kappa shape index (κ2) is 11.1. The third kappa shape index (κ3) is 5.81. The summed E-state index contributed by atoms with van der Waals surface area (Å²) in [7, 11) is 0. The van der Waals surface area contributed by atoms with Crippen molar-refractivity contribution in [3.05, 3.63) is 157 Å². The van der Waals surface area contributed by atoms with E-state index in [1.165, 1.54) is 11.1 Å². The van der Waals surface area contributed by atoms with Crippen LogP contribution in [0.3, 0.4) is 0 Å². The molecule has 0 atom stereocenters. The van der Waals surface area contributed by atoms with Crippen LogP contribution in [0.5, 0.6) is 46.0 Å². The predicted molar refractivity (Wildman–Crippen MR) is 170 cm³/mol. The molecule has 13 rings (SSSR count). The molecule has 6 aromatic carbocycles. The summed E-state index contributed by atoms with van der Waals surface area (Å²) in [5, 5.41) is 0. The maximum Gasteiger partial charge on any atom is 0.131 e. The molecule has 0 saturated carbocycles. The molecular formula is C39H30O4. The summed E-state index contributed by atoms with van der Waals surface area (Å²) < 4.78 is 24.7. The molecule has 210 valence electrons. The molecule has 43 heavy (non-hydrogen) atoms. The van der Waals surface area contributed by atoms with Crippen LogP contribution in [0.25, 0.3) is 11.1 Å². The van der Waals surface area contributed by atoms with Gasteiger partial charge >= 0.3 is 0 Å². The summed E-state index contributed by atoms with van der Waals surface area (Å²) >= 11 is 0. The molecule has 7 heterocycles. The first-order valence-electron chi connectivity index (χ1n) is 14.3. The van der Waals surface area contributed by atoms with Crippen molar-refractivity contribution in [2.75, 3.05) is 0 Å². The molecule has 4 heteroatoms. The minimum absolute atomic E-state index is 0.215. The van der Waals surface area contributed by atoms with E-state index in [1.807, 2.05) is 97.1 Å². The zero-order chi connectivity index (χ0) is 29.2. The van der Waals surface area contributed by atoms with E-state index in [0.717, 1.165) is 34.1 Å². The summed E-state index contributed by atoms with van der Waals surface area (Å²) in [6, 6.07) is 48.0. The number of hydrogen-bond donors (Lipinski definition) is 0. The van der Waals surface area contributed by atoms with Gasteiger partial charge < -0.3 is 18.9 Å². The van der Waals surface area contributed by atoms with E-state index in [9.17, 15) is 0 Å². The molecule has 7 aliphatic rings. The Labute approximate surface area is 251 Å². The monoisotopic (exact) mass is 562 g/mol. The van der Waals surface area contributed by atoms with Crippen molar-refractivity contribution in [1.82, 2.24) is 0 Å². The lowest BCUT2D eigenvalue weighted by Crippen LogP contribution is -2.18.